The SMILES string of the molecule is CC(C)(C)OC(=O)N1CCC(n2cc(-c3ccc(=O)[nH]n3)cn2)CC1. The molecular weight excluding hydrogens is 322 g/mol. The number of hydrogen-bond acceptors (Lipinski definition) is 5. The highest BCUT2D eigenvalue weighted by molar-refractivity contribution is 5.68. The number of aromatic amines is 1. The van der Waals surface area contributed by atoms with Gasteiger partial charge in [-0.1, -0.05) is 0 Å². The lowest BCUT2D eigenvalue weighted by Crippen LogP contribution is -2.42. The van der Waals surface area contributed by atoms with Crippen molar-refractivity contribution in [1.82, 2.24) is 24.9 Å². The number of carbonyl (C=O) groups excluding carboxylic acids is 1. The van der Waals surface area contributed by atoms with Crippen molar-refractivity contribution >= 4 is 6.09 Å². The van der Waals surface area contributed by atoms with E-state index in [2.05, 4.69) is 15.3 Å². The second kappa shape index (κ2) is 6.70. The minimum atomic E-state index is -0.478. The van der Waals surface area contributed by atoms with Crippen molar-refractivity contribution in [2.24, 2.45) is 0 Å². The van der Waals surface area contributed by atoms with Crippen LogP contribution in [0.15, 0.2) is 29.3 Å². The van der Waals surface area contributed by atoms with Crippen molar-refractivity contribution in [3.8, 4) is 11.3 Å². The normalized spacial score (nSPS) is 16.0. The van der Waals surface area contributed by atoms with Crippen LogP contribution in [-0.4, -0.2) is 49.7 Å². The first-order valence-electron chi connectivity index (χ1n) is 8.40. The lowest BCUT2D eigenvalue weighted by Gasteiger charge is -2.33. The number of amides is 1. The molecule has 0 aliphatic carbocycles. The number of aromatic nitrogens is 4. The lowest BCUT2D eigenvalue weighted by molar-refractivity contribution is 0.0185. The summed E-state index contributed by atoms with van der Waals surface area (Å²) in [5.41, 5.74) is 0.822. The minimum Gasteiger partial charge on any atom is -0.444 e. The molecule has 8 nitrogen and oxygen atoms in total. The summed E-state index contributed by atoms with van der Waals surface area (Å²) in [5, 5.41) is 10.9. The molecule has 1 N–H and O–H groups in total. The molecule has 1 amide bonds. The van der Waals surface area contributed by atoms with Gasteiger partial charge in [-0.15, -0.1) is 0 Å². The number of hydrogen-bond donors (Lipinski definition) is 1. The van der Waals surface area contributed by atoms with Gasteiger partial charge in [0.2, 0.25) is 0 Å². The van der Waals surface area contributed by atoms with Gasteiger partial charge in [0.25, 0.3) is 5.56 Å². The van der Waals surface area contributed by atoms with Crippen LogP contribution in [0, 0.1) is 0 Å². The van der Waals surface area contributed by atoms with E-state index >= 15 is 0 Å². The topological polar surface area (TPSA) is 93.1 Å². The van der Waals surface area contributed by atoms with Gasteiger partial charge in [0.05, 0.1) is 17.9 Å². The predicted molar refractivity (Wildman–Crippen MR) is 92.2 cm³/mol. The van der Waals surface area contributed by atoms with Crippen LogP contribution < -0.4 is 5.56 Å². The third kappa shape index (κ3) is 4.26. The molecule has 0 bridgehead atoms. The number of likely N-dealkylation sites (tertiary alicyclic amines) is 1. The Morgan fingerprint density at radius 3 is 2.60 bits per heavy atom. The average Bonchev–Trinajstić information content (AvgIpc) is 3.04. The zero-order valence-electron chi connectivity index (χ0n) is 14.7. The fraction of sp³-hybridized carbons (Fsp3) is 0.529. The molecule has 0 aromatic carbocycles. The molecule has 134 valence electrons. The van der Waals surface area contributed by atoms with Gasteiger partial charge in [0, 0.05) is 30.9 Å². The third-order valence-electron chi connectivity index (χ3n) is 4.07. The molecule has 0 saturated carbocycles. The first-order chi connectivity index (χ1) is 11.8. The van der Waals surface area contributed by atoms with Crippen molar-refractivity contribution in [3.05, 3.63) is 34.9 Å². The van der Waals surface area contributed by atoms with E-state index < -0.39 is 5.60 Å². The van der Waals surface area contributed by atoms with Crippen LogP contribution in [0.1, 0.15) is 39.7 Å². The monoisotopic (exact) mass is 345 g/mol. The molecular formula is C17H23N5O3. The molecule has 8 heteroatoms. The van der Waals surface area contributed by atoms with Crippen molar-refractivity contribution in [2.75, 3.05) is 13.1 Å². The van der Waals surface area contributed by atoms with Crippen molar-refractivity contribution in [2.45, 2.75) is 45.3 Å². The van der Waals surface area contributed by atoms with E-state index in [-0.39, 0.29) is 17.7 Å². The summed E-state index contributed by atoms with van der Waals surface area (Å²) >= 11 is 0. The van der Waals surface area contributed by atoms with Gasteiger partial charge in [-0.05, 0) is 39.7 Å². The molecule has 25 heavy (non-hydrogen) atoms. The summed E-state index contributed by atoms with van der Waals surface area (Å²) in [5.74, 6) is 0. The van der Waals surface area contributed by atoms with Gasteiger partial charge in [0.1, 0.15) is 5.60 Å². The molecule has 3 rings (SSSR count). The molecule has 1 aliphatic rings. The van der Waals surface area contributed by atoms with Crippen molar-refractivity contribution in [3.63, 3.8) is 0 Å². The second-order valence-electron chi connectivity index (χ2n) is 7.21. The molecule has 0 spiro atoms. The number of H-pyrrole nitrogens is 1. The Morgan fingerprint density at radius 1 is 1.28 bits per heavy atom. The molecule has 0 atom stereocenters. The lowest BCUT2D eigenvalue weighted by atomic mass is 10.1. The van der Waals surface area contributed by atoms with Crippen LogP contribution in [-0.2, 0) is 4.74 Å². The van der Waals surface area contributed by atoms with Gasteiger partial charge in [0.15, 0.2) is 0 Å². The summed E-state index contributed by atoms with van der Waals surface area (Å²) in [7, 11) is 0. The van der Waals surface area contributed by atoms with E-state index in [0.717, 1.165) is 18.4 Å². The summed E-state index contributed by atoms with van der Waals surface area (Å²) < 4.78 is 7.33. The van der Waals surface area contributed by atoms with E-state index in [0.29, 0.717) is 18.8 Å². The number of piperidine rings is 1. The Bertz CT molecular complexity index is 777. The molecule has 3 heterocycles. The van der Waals surface area contributed by atoms with Gasteiger partial charge in [-0.25, -0.2) is 9.89 Å². The zero-order valence-corrected chi connectivity index (χ0v) is 14.7. The highest BCUT2D eigenvalue weighted by Gasteiger charge is 2.27. The first-order valence-corrected chi connectivity index (χ1v) is 8.40. The van der Waals surface area contributed by atoms with Crippen LogP contribution in [0.2, 0.25) is 0 Å². The van der Waals surface area contributed by atoms with Gasteiger partial charge in [-0.3, -0.25) is 9.48 Å². The maximum atomic E-state index is 12.1. The second-order valence-corrected chi connectivity index (χ2v) is 7.21. The number of carbonyl (C=O) groups is 1. The number of nitrogens with zero attached hydrogens (tertiary/aromatic N) is 4. The molecule has 0 unspecified atom stereocenters. The van der Waals surface area contributed by atoms with Gasteiger partial charge >= 0.3 is 6.09 Å². The summed E-state index contributed by atoms with van der Waals surface area (Å²) in [6.45, 7) is 6.90. The standard InChI is InChI=1S/C17H23N5O3/c1-17(2,3)25-16(24)21-8-6-13(7-9-21)22-11-12(10-18-22)14-4-5-15(23)20-19-14/h4-5,10-11,13H,6-9H2,1-3H3,(H,20,23). The van der Waals surface area contributed by atoms with Crippen LogP contribution >= 0.6 is 0 Å². The largest absolute Gasteiger partial charge is 0.444 e. The molecule has 2 aromatic rings. The molecule has 2 aromatic heterocycles. The average molecular weight is 345 g/mol. The smallest absolute Gasteiger partial charge is 0.410 e. The van der Waals surface area contributed by atoms with Crippen LogP contribution in [0.5, 0.6) is 0 Å². The van der Waals surface area contributed by atoms with Gasteiger partial charge < -0.3 is 9.64 Å². The molecule has 0 radical (unpaired) electrons. The maximum absolute atomic E-state index is 12.1. The van der Waals surface area contributed by atoms with E-state index in [9.17, 15) is 9.59 Å². The zero-order chi connectivity index (χ0) is 18.0. The fourth-order valence-corrected chi connectivity index (χ4v) is 2.81. The Balaban J connectivity index is 1.61. The van der Waals surface area contributed by atoms with Crippen LogP contribution in [0.3, 0.4) is 0 Å². The Morgan fingerprint density at radius 2 is 2.00 bits per heavy atom. The fourth-order valence-electron chi connectivity index (χ4n) is 2.81. The Labute approximate surface area is 145 Å². The number of rotatable bonds is 2. The van der Waals surface area contributed by atoms with E-state index in [1.54, 1.807) is 17.2 Å². The highest BCUT2D eigenvalue weighted by Crippen LogP contribution is 2.25. The number of nitrogens with one attached hydrogen (secondary N) is 1. The van der Waals surface area contributed by atoms with E-state index in [1.807, 2.05) is 31.6 Å². The summed E-state index contributed by atoms with van der Waals surface area (Å²) in [6.07, 6.45) is 5.04. The van der Waals surface area contributed by atoms with Crippen LogP contribution in [0.25, 0.3) is 11.3 Å². The van der Waals surface area contributed by atoms with E-state index in [1.165, 1.54) is 6.07 Å². The Hall–Kier alpha value is -2.64. The third-order valence-corrected chi connectivity index (χ3v) is 4.07. The first kappa shape index (κ1) is 17.2. The predicted octanol–water partition coefficient (Wildman–Crippen LogP) is 2.21. The molecule has 1 aliphatic heterocycles. The van der Waals surface area contributed by atoms with Crippen molar-refractivity contribution in [1.29, 1.82) is 0 Å². The van der Waals surface area contributed by atoms with Crippen LogP contribution in [0.4, 0.5) is 4.79 Å². The Kier molecular flexibility index (Phi) is 4.61. The summed E-state index contributed by atoms with van der Waals surface area (Å²) in [6, 6.07) is 3.35. The molecule has 1 fully saturated rings. The van der Waals surface area contributed by atoms with Gasteiger partial charge in [-0.2, -0.15) is 10.2 Å². The minimum absolute atomic E-state index is 0.231. The number of ether oxygens (including phenoxy) is 1. The van der Waals surface area contributed by atoms with Crippen molar-refractivity contribution < 1.29 is 9.53 Å². The maximum Gasteiger partial charge on any atom is 0.410 e. The molecule has 1 saturated heterocycles. The highest BCUT2D eigenvalue weighted by atomic mass is 16.6. The van der Waals surface area contributed by atoms with E-state index in [4.69, 9.17) is 4.74 Å². The summed E-state index contributed by atoms with van der Waals surface area (Å²) in [4.78, 5) is 25.0. The quantitative estimate of drug-likeness (QED) is 0.901.